The average molecular weight is 216 g/mol. The molecule has 0 fully saturated rings. The summed E-state index contributed by atoms with van der Waals surface area (Å²) >= 11 is 0. The van der Waals surface area contributed by atoms with E-state index in [2.05, 4.69) is 0 Å². The van der Waals surface area contributed by atoms with E-state index in [0.717, 1.165) is 11.3 Å². The summed E-state index contributed by atoms with van der Waals surface area (Å²) < 4.78 is 5.33. The van der Waals surface area contributed by atoms with E-state index in [1.807, 2.05) is 45.0 Å². The third kappa shape index (κ3) is 3.56. The summed E-state index contributed by atoms with van der Waals surface area (Å²) in [6.07, 6.45) is 0. The van der Waals surface area contributed by atoms with Gasteiger partial charge in [0.25, 0.3) is 0 Å². The second-order valence-corrected chi connectivity index (χ2v) is 3.68. The van der Waals surface area contributed by atoms with Crippen LogP contribution < -0.4 is 10.5 Å². The zero-order chi connectivity index (χ0) is 9.90. The zero-order valence-corrected chi connectivity index (χ0v) is 9.73. The third-order valence-electron chi connectivity index (χ3n) is 1.91. The molecular weight excluding hydrogens is 198 g/mol. The van der Waals surface area contributed by atoms with Crippen LogP contribution in [0.4, 0.5) is 0 Å². The van der Waals surface area contributed by atoms with Crippen molar-refractivity contribution in [3.8, 4) is 5.75 Å². The second kappa shape index (κ2) is 5.23. The van der Waals surface area contributed by atoms with Crippen LogP contribution in [0.15, 0.2) is 24.3 Å². The smallest absolute Gasteiger partial charge is 0.119 e. The Kier molecular flexibility index (Phi) is 4.95. The first-order chi connectivity index (χ1) is 6.04. The Morgan fingerprint density at radius 3 is 2.07 bits per heavy atom. The van der Waals surface area contributed by atoms with Gasteiger partial charge < -0.3 is 10.5 Å². The molecule has 0 heterocycles. The van der Waals surface area contributed by atoms with Crippen LogP contribution >= 0.6 is 12.4 Å². The van der Waals surface area contributed by atoms with Gasteiger partial charge in [-0.3, -0.25) is 0 Å². The number of ether oxygens (including phenoxy) is 1. The molecule has 0 spiro atoms. The van der Waals surface area contributed by atoms with Crippen molar-refractivity contribution in [1.29, 1.82) is 0 Å². The predicted molar refractivity (Wildman–Crippen MR) is 62.1 cm³/mol. The summed E-state index contributed by atoms with van der Waals surface area (Å²) in [5.41, 5.74) is 6.79. The molecule has 3 heteroatoms. The highest BCUT2D eigenvalue weighted by atomic mass is 35.5. The van der Waals surface area contributed by atoms with E-state index >= 15 is 0 Å². The molecule has 0 aliphatic carbocycles. The summed E-state index contributed by atoms with van der Waals surface area (Å²) in [7, 11) is 0. The highest BCUT2D eigenvalue weighted by Gasteiger charge is 2.13. The lowest BCUT2D eigenvalue weighted by Gasteiger charge is -2.19. The van der Waals surface area contributed by atoms with Crippen LogP contribution in [0.3, 0.4) is 0 Å². The van der Waals surface area contributed by atoms with Crippen LogP contribution in [0.1, 0.15) is 26.3 Å². The van der Waals surface area contributed by atoms with E-state index < -0.39 is 0 Å². The minimum absolute atomic E-state index is 0. The molecule has 0 atom stereocenters. The van der Waals surface area contributed by atoms with Crippen LogP contribution in [0.5, 0.6) is 5.75 Å². The van der Waals surface area contributed by atoms with Crippen molar-refractivity contribution in [1.82, 2.24) is 0 Å². The Labute approximate surface area is 91.9 Å². The van der Waals surface area contributed by atoms with Gasteiger partial charge in [-0.2, -0.15) is 0 Å². The van der Waals surface area contributed by atoms with Crippen LogP contribution in [0.2, 0.25) is 0 Å². The number of benzene rings is 1. The van der Waals surface area contributed by atoms with E-state index in [9.17, 15) is 0 Å². The monoisotopic (exact) mass is 215 g/mol. The van der Waals surface area contributed by atoms with Gasteiger partial charge in [0.2, 0.25) is 0 Å². The fourth-order valence-corrected chi connectivity index (χ4v) is 1.15. The molecule has 80 valence electrons. The molecule has 0 saturated heterocycles. The molecule has 1 aromatic rings. The fourth-order valence-electron chi connectivity index (χ4n) is 1.15. The lowest BCUT2D eigenvalue weighted by Crippen LogP contribution is -2.28. The van der Waals surface area contributed by atoms with Crippen LogP contribution in [0.25, 0.3) is 0 Å². The van der Waals surface area contributed by atoms with Crippen molar-refractivity contribution < 1.29 is 4.74 Å². The molecule has 0 aliphatic rings. The van der Waals surface area contributed by atoms with Crippen LogP contribution in [-0.4, -0.2) is 6.61 Å². The van der Waals surface area contributed by atoms with E-state index in [0.29, 0.717) is 6.61 Å². The molecule has 0 saturated carbocycles. The average Bonchev–Trinajstić information content (AvgIpc) is 2.04. The second-order valence-electron chi connectivity index (χ2n) is 3.68. The molecule has 2 nitrogen and oxygen atoms in total. The Morgan fingerprint density at radius 1 is 1.21 bits per heavy atom. The summed E-state index contributed by atoms with van der Waals surface area (Å²) in [5.74, 6) is 0.899. The van der Waals surface area contributed by atoms with Gasteiger partial charge in [0.05, 0.1) is 6.61 Å². The molecule has 0 aromatic heterocycles. The molecule has 0 unspecified atom stereocenters. The standard InChI is InChI=1S/C11H17NO.ClH/c1-4-13-10-7-5-9(6-8-10)11(2,3)12;/h5-8H,4,12H2,1-3H3;1H. The summed E-state index contributed by atoms with van der Waals surface area (Å²) in [4.78, 5) is 0. The van der Waals surface area contributed by atoms with Crippen molar-refractivity contribution in [2.45, 2.75) is 26.3 Å². The maximum atomic E-state index is 5.94. The number of rotatable bonds is 3. The third-order valence-corrected chi connectivity index (χ3v) is 1.91. The van der Waals surface area contributed by atoms with Gasteiger partial charge in [0, 0.05) is 5.54 Å². The summed E-state index contributed by atoms with van der Waals surface area (Å²) in [6, 6.07) is 7.91. The lowest BCUT2D eigenvalue weighted by molar-refractivity contribution is 0.340. The quantitative estimate of drug-likeness (QED) is 0.842. The minimum Gasteiger partial charge on any atom is -0.494 e. The van der Waals surface area contributed by atoms with Crippen molar-refractivity contribution in [2.24, 2.45) is 5.73 Å². The number of hydrogen-bond acceptors (Lipinski definition) is 2. The molecule has 0 bridgehead atoms. The van der Waals surface area contributed by atoms with Gasteiger partial charge in [-0.15, -0.1) is 12.4 Å². The summed E-state index contributed by atoms with van der Waals surface area (Å²) in [5, 5.41) is 0. The maximum Gasteiger partial charge on any atom is 0.119 e. The SMILES string of the molecule is CCOc1ccc(C(C)(C)N)cc1.Cl. The van der Waals surface area contributed by atoms with Gasteiger partial charge in [-0.25, -0.2) is 0 Å². The summed E-state index contributed by atoms with van der Waals surface area (Å²) in [6.45, 7) is 6.65. The molecule has 14 heavy (non-hydrogen) atoms. The number of nitrogens with two attached hydrogens (primary N) is 1. The molecular formula is C11H18ClNO. The maximum absolute atomic E-state index is 5.94. The Bertz CT molecular complexity index is 264. The molecule has 1 rings (SSSR count). The van der Waals surface area contributed by atoms with Crippen molar-refractivity contribution in [3.63, 3.8) is 0 Å². The predicted octanol–water partition coefficient (Wildman–Crippen LogP) is 2.70. The van der Waals surface area contributed by atoms with Gasteiger partial charge in [-0.05, 0) is 38.5 Å². The van der Waals surface area contributed by atoms with Crippen molar-refractivity contribution in [3.05, 3.63) is 29.8 Å². The fraction of sp³-hybridized carbons (Fsp3) is 0.455. The molecule has 0 amide bonds. The molecule has 0 radical (unpaired) electrons. The van der Waals surface area contributed by atoms with Crippen LogP contribution in [-0.2, 0) is 5.54 Å². The number of hydrogen-bond donors (Lipinski definition) is 1. The Balaban J connectivity index is 0.00000169. The largest absolute Gasteiger partial charge is 0.494 e. The Morgan fingerprint density at radius 2 is 1.71 bits per heavy atom. The highest BCUT2D eigenvalue weighted by molar-refractivity contribution is 5.85. The normalized spacial score (nSPS) is 10.6. The molecule has 0 aliphatic heterocycles. The van der Waals surface area contributed by atoms with Gasteiger partial charge in [0.15, 0.2) is 0 Å². The van der Waals surface area contributed by atoms with Crippen molar-refractivity contribution >= 4 is 12.4 Å². The molecule has 2 N–H and O–H groups in total. The zero-order valence-electron chi connectivity index (χ0n) is 8.91. The van der Waals surface area contributed by atoms with Gasteiger partial charge in [-0.1, -0.05) is 12.1 Å². The van der Waals surface area contributed by atoms with E-state index in [4.69, 9.17) is 10.5 Å². The number of halogens is 1. The van der Waals surface area contributed by atoms with Gasteiger partial charge in [0.1, 0.15) is 5.75 Å². The van der Waals surface area contributed by atoms with E-state index in [1.54, 1.807) is 0 Å². The van der Waals surface area contributed by atoms with Crippen LogP contribution in [0, 0.1) is 0 Å². The highest BCUT2D eigenvalue weighted by Crippen LogP contribution is 2.20. The first-order valence-corrected chi connectivity index (χ1v) is 4.56. The van der Waals surface area contributed by atoms with Gasteiger partial charge >= 0.3 is 0 Å². The van der Waals surface area contributed by atoms with E-state index in [-0.39, 0.29) is 17.9 Å². The first kappa shape index (κ1) is 13.3. The topological polar surface area (TPSA) is 35.2 Å². The first-order valence-electron chi connectivity index (χ1n) is 4.56. The Hall–Kier alpha value is -0.730. The lowest BCUT2D eigenvalue weighted by atomic mass is 9.96. The van der Waals surface area contributed by atoms with E-state index in [1.165, 1.54) is 0 Å². The minimum atomic E-state index is -0.273. The molecule has 1 aromatic carbocycles. The van der Waals surface area contributed by atoms with Crippen molar-refractivity contribution in [2.75, 3.05) is 6.61 Å².